The van der Waals surface area contributed by atoms with Crippen LogP contribution in [0, 0.1) is 36.0 Å². The van der Waals surface area contributed by atoms with E-state index in [1.807, 2.05) is 14.0 Å². The summed E-state index contributed by atoms with van der Waals surface area (Å²) in [6.45, 7) is 3.65. The Bertz CT molecular complexity index is 1430. The number of aryl methyl sites for hydroxylation is 2. The van der Waals surface area contributed by atoms with Gasteiger partial charge in [-0.2, -0.15) is 5.26 Å². The van der Waals surface area contributed by atoms with Crippen LogP contribution in [0.25, 0.3) is 11.0 Å². The molecule has 0 radical (unpaired) electrons. The molecule has 1 aliphatic heterocycles. The lowest BCUT2D eigenvalue weighted by molar-refractivity contribution is -0.138. The number of carbonyl (C=O) groups is 2. The van der Waals surface area contributed by atoms with Crippen LogP contribution >= 0.6 is 0 Å². The highest BCUT2D eigenvalue weighted by molar-refractivity contribution is 6.06. The molecule has 2 bridgehead atoms. The van der Waals surface area contributed by atoms with Crippen molar-refractivity contribution in [3.8, 4) is 6.07 Å². The number of anilines is 1. The molecule has 2 aliphatic carbocycles. The second-order valence-corrected chi connectivity index (χ2v) is 11.2. The molecule has 2 saturated carbocycles. The molecule has 190 valence electrons. The number of hydrogen-bond acceptors (Lipinski definition) is 4. The molecule has 1 saturated heterocycles. The Labute approximate surface area is 217 Å². The first-order valence-electron chi connectivity index (χ1n) is 13.5. The summed E-state index contributed by atoms with van der Waals surface area (Å²) >= 11 is 0. The molecule has 0 spiro atoms. The van der Waals surface area contributed by atoms with Gasteiger partial charge in [0.1, 0.15) is 5.65 Å². The van der Waals surface area contributed by atoms with Gasteiger partial charge in [-0.3, -0.25) is 9.59 Å². The third-order valence-electron chi connectivity index (χ3n) is 9.08. The van der Waals surface area contributed by atoms with Gasteiger partial charge in [-0.25, -0.2) is 4.98 Å². The molecular weight excluding hydrogens is 462 g/mol. The molecule has 6 rings (SSSR count). The van der Waals surface area contributed by atoms with Gasteiger partial charge in [0.25, 0.3) is 5.91 Å². The number of nitrogens with zero attached hydrogens (tertiary/aromatic N) is 4. The fourth-order valence-electron chi connectivity index (χ4n) is 7.09. The monoisotopic (exact) mass is 495 g/mol. The molecule has 3 atom stereocenters. The van der Waals surface area contributed by atoms with Crippen LogP contribution in [0.4, 0.5) is 5.69 Å². The molecule has 3 heterocycles. The fraction of sp³-hybridized carbons (Fsp3) is 0.467. The average Bonchev–Trinajstić information content (AvgIpc) is 3.65. The Morgan fingerprint density at radius 3 is 2.65 bits per heavy atom. The lowest BCUT2D eigenvalue weighted by atomic mass is 9.85. The van der Waals surface area contributed by atoms with E-state index in [4.69, 9.17) is 5.26 Å². The first-order valence-corrected chi connectivity index (χ1v) is 13.5. The smallest absolute Gasteiger partial charge is 0.255 e. The Kier molecular flexibility index (Phi) is 5.98. The highest BCUT2D eigenvalue weighted by atomic mass is 16.2. The lowest BCUT2D eigenvalue weighted by Crippen LogP contribution is -2.42. The molecule has 2 amide bonds. The number of pyridine rings is 1. The van der Waals surface area contributed by atoms with Crippen molar-refractivity contribution in [3.63, 3.8) is 0 Å². The van der Waals surface area contributed by atoms with Crippen molar-refractivity contribution in [1.82, 2.24) is 14.5 Å². The molecule has 3 aliphatic rings. The van der Waals surface area contributed by atoms with Crippen molar-refractivity contribution in [1.29, 1.82) is 5.26 Å². The molecule has 3 fully saturated rings. The Hall–Kier alpha value is -3.66. The van der Waals surface area contributed by atoms with E-state index >= 15 is 0 Å². The summed E-state index contributed by atoms with van der Waals surface area (Å²) in [5.41, 5.74) is 4.71. The zero-order valence-corrected chi connectivity index (χ0v) is 21.5. The number of hydrogen-bond donors (Lipinski definition) is 1. The van der Waals surface area contributed by atoms with E-state index in [2.05, 4.69) is 32.0 Å². The predicted molar refractivity (Wildman–Crippen MR) is 142 cm³/mol. The minimum Gasteiger partial charge on any atom is -0.342 e. The van der Waals surface area contributed by atoms with Gasteiger partial charge in [0, 0.05) is 43.2 Å². The summed E-state index contributed by atoms with van der Waals surface area (Å²) in [6, 6.07) is 8.78. The second kappa shape index (κ2) is 9.33. The molecule has 1 aromatic carbocycles. The number of carbonyl (C=O) groups excluding carboxylic acids is 2. The van der Waals surface area contributed by atoms with Crippen LogP contribution in [0.15, 0.2) is 36.7 Å². The molecule has 0 unspecified atom stereocenters. The third-order valence-corrected chi connectivity index (χ3v) is 9.08. The van der Waals surface area contributed by atoms with Crippen molar-refractivity contribution in [2.24, 2.45) is 24.8 Å². The number of rotatable bonds is 4. The van der Waals surface area contributed by atoms with Crippen LogP contribution in [0.3, 0.4) is 0 Å². The highest BCUT2D eigenvalue weighted by Gasteiger charge is 2.44. The molecule has 2 aromatic heterocycles. The van der Waals surface area contributed by atoms with E-state index in [1.165, 1.54) is 24.8 Å². The van der Waals surface area contributed by atoms with Crippen LogP contribution in [-0.2, 0) is 11.8 Å². The van der Waals surface area contributed by atoms with Crippen LogP contribution in [0.1, 0.15) is 71.5 Å². The molecule has 7 nitrogen and oxygen atoms in total. The topological polar surface area (TPSA) is 91.0 Å². The van der Waals surface area contributed by atoms with Crippen LogP contribution in [0.2, 0.25) is 0 Å². The number of fused-ring (bicyclic) bond motifs is 3. The van der Waals surface area contributed by atoms with Gasteiger partial charge >= 0.3 is 0 Å². The predicted octanol–water partition coefficient (Wildman–Crippen LogP) is 5.15. The molecular formula is C30H33N5O2. The van der Waals surface area contributed by atoms with Crippen molar-refractivity contribution in [2.75, 3.05) is 18.4 Å². The zero-order valence-electron chi connectivity index (χ0n) is 21.5. The number of aromatic nitrogens is 2. The van der Waals surface area contributed by atoms with Gasteiger partial charge < -0.3 is 14.8 Å². The van der Waals surface area contributed by atoms with E-state index in [0.717, 1.165) is 54.9 Å². The molecule has 37 heavy (non-hydrogen) atoms. The van der Waals surface area contributed by atoms with Crippen molar-refractivity contribution in [2.45, 2.75) is 51.4 Å². The molecule has 7 heteroatoms. The van der Waals surface area contributed by atoms with Gasteiger partial charge in [-0.05, 0) is 86.1 Å². The Balaban J connectivity index is 1.21. The lowest BCUT2D eigenvalue weighted by Gasteiger charge is -2.35. The number of likely N-dealkylation sites (tertiary alicyclic amines) is 1. The van der Waals surface area contributed by atoms with Crippen molar-refractivity contribution in [3.05, 3.63) is 58.9 Å². The maximum atomic E-state index is 13.3. The minimum atomic E-state index is -0.258. The SMILES string of the molecule is Cc1c(NC(=O)c2cccc(C#N)c2)cnc2c1c(C1CCN(C(=O)[C@@H]3C[C@H]4CC[C@H]3C4)CC1)cn2C. The zero-order chi connectivity index (χ0) is 25.7. The average molecular weight is 496 g/mol. The number of nitrogens with one attached hydrogen (secondary N) is 1. The maximum Gasteiger partial charge on any atom is 0.255 e. The summed E-state index contributed by atoms with van der Waals surface area (Å²) in [4.78, 5) is 33.0. The summed E-state index contributed by atoms with van der Waals surface area (Å²) in [5, 5.41) is 13.3. The van der Waals surface area contributed by atoms with Gasteiger partial charge in [-0.15, -0.1) is 0 Å². The summed E-state index contributed by atoms with van der Waals surface area (Å²) in [5.74, 6) is 2.16. The van der Waals surface area contributed by atoms with E-state index in [9.17, 15) is 9.59 Å². The Morgan fingerprint density at radius 2 is 1.95 bits per heavy atom. The van der Waals surface area contributed by atoms with Gasteiger partial charge in [0.05, 0.1) is 23.5 Å². The fourth-order valence-corrected chi connectivity index (χ4v) is 7.09. The van der Waals surface area contributed by atoms with E-state index in [-0.39, 0.29) is 11.8 Å². The second-order valence-electron chi connectivity index (χ2n) is 11.2. The van der Waals surface area contributed by atoms with Crippen LogP contribution in [0.5, 0.6) is 0 Å². The maximum absolute atomic E-state index is 13.3. The Morgan fingerprint density at radius 1 is 1.14 bits per heavy atom. The number of piperidine rings is 1. The van der Waals surface area contributed by atoms with Gasteiger partial charge in [0.2, 0.25) is 5.91 Å². The van der Waals surface area contributed by atoms with E-state index < -0.39 is 0 Å². The van der Waals surface area contributed by atoms with Gasteiger partial charge in [-0.1, -0.05) is 12.5 Å². The quantitative estimate of drug-likeness (QED) is 0.542. The summed E-state index contributed by atoms with van der Waals surface area (Å²) in [6.07, 6.45) is 10.7. The standard InChI is InChI=1S/C30H33N5O2/c1-18-26(33-29(36)23-5-3-4-20(13-23)15-31)16-32-28-27(18)25(17-34(28)2)21-8-10-35(11-9-21)30(37)24-14-19-6-7-22(24)12-19/h3-5,13,16-17,19,21-22,24H,6-12,14H2,1-2H3,(H,33,36)/t19-,22-,24+/m0/s1. The highest BCUT2D eigenvalue weighted by Crippen LogP contribution is 2.49. The largest absolute Gasteiger partial charge is 0.342 e. The minimum absolute atomic E-state index is 0.258. The number of nitriles is 1. The van der Waals surface area contributed by atoms with Crippen molar-refractivity contribution >= 4 is 28.5 Å². The first-order chi connectivity index (χ1) is 17.9. The molecule has 3 aromatic rings. The summed E-state index contributed by atoms with van der Waals surface area (Å²) in [7, 11) is 2.01. The number of benzene rings is 1. The molecule has 1 N–H and O–H groups in total. The van der Waals surface area contributed by atoms with E-state index in [0.29, 0.717) is 34.6 Å². The van der Waals surface area contributed by atoms with E-state index in [1.54, 1.807) is 30.5 Å². The first kappa shape index (κ1) is 23.7. The van der Waals surface area contributed by atoms with Crippen molar-refractivity contribution < 1.29 is 9.59 Å². The van der Waals surface area contributed by atoms with Crippen LogP contribution in [-0.4, -0.2) is 39.4 Å². The normalized spacial score (nSPS) is 23.4. The third kappa shape index (κ3) is 4.19. The van der Waals surface area contributed by atoms with Crippen LogP contribution < -0.4 is 5.32 Å². The number of amides is 2. The van der Waals surface area contributed by atoms with Gasteiger partial charge in [0.15, 0.2) is 0 Å². The summed E-state index contributed by atoms with van der Waals surface area (Å²) < 4.78 is 2.06.